The Bertz CT molecular complexity index is 434. The Morgan fingerprint density at radius 2 is 2.38 bits per heavy atom. The highest BCUT2D eigenvalue weighted by molar-refractivity contribution is 6.25. The van der Waals surface area contributed by atoms with Gasteiger partial charge in [0.15, 0.2) is 5.75 Å². The normalized spacial score (nSPS) is 11.3. The Morgan fingerprint density at radius 3 is 2.94 bits per heavy atom. The van der Waals surface area contributed by atoms with Crippen LogP contribution in [0.4, 0.5) is 10.1 Å². The minimum absolute atomic E-state index is 0.0772. The Kier molecular flexibility index (Phi) is 4.25. The summed E-state index contributed by atoms with van der Waals surface area (Å²) < 4.78 is 18.0. The number of hydrogen-bond acceptors (Lipinski definition) is 3. The molecule has 0 fully saturated rings. The van der Waals surface area contributed by atoms with Gasteiger partial charge in [0.25, 0.3) is 0 Å². The molecule has 0 atom stereocenters. The van der Waals surface area contributed by atoms with E-state index in [0.717, 1.165) is 18.2 Å². The van der Waals surface area contributed by atoms with Gasteiger partial charge >= 0.3 is 5.69 Å². The lowest BCUT2D eigenvalue weighted by Crippen LogP contribution is -2.01. The van der Waals surface area contributed by atoms with Crippen LogP contribution in [-0.2, 0) is 0 Å². The van der Waals surface area contributed by atoms with Gasteiger partial charge < -0.3 is 4.74 Å². The Hall–Kier alpha value is -1.62. The molecule has 0 aliphatic carbocycles. The van der Waals surface area contributed by atoms with E-state index >= 15 is 0 Å². The van der Waals surface area contributed by atoms with Crippen molar-refractivity contribution in [3.05, 3.63) is 45.2 Å². The molecule has 0 N–H and O–H groups in total. The molecule has 0 aliphatic heterocycles. The molecule has 0 heterocycles. The summed E-state index contributed by atoms with van der Waals surface area (Å²) in [6, 6.07) is 3.04. The Labute approximate surface area is 96.4 Å². The zero-order chi connectivity index (χ0) is 12.1. The van der Waals surface area contributed by atoms with Crippen molar-refractivity contribution in [1.29, 1.82) is 0 Å². The number of hydrogen-bond donors (Lipinski definition) is 0. The predicted molar refractivity (Wildman–Crippen MR) is 58.2 cm³/mol. The number of nitrogens with zero attached hydrogens (tertiary/aromatic N) is 1. The zero-order valence-electron chi connectivity index (χ0n) is 8.44. The minimum atomic E-state index is -0.630. The van der Waals surface area contributed by atoms with E-state index in [4.69, 9.17) is 16.3 Å². The molecule has 0 aromatic heterocycles. The minimum Gasteiger partial charge on any atom is -0.482 e. The second kappa shape index (κ2) is 5.46. The van der Waals surface area contributed by atoms with Crippen LogP contribution < -0.4 is 4.74 Å². The molecule has 0 saturated carbocycles. The van der Waals surface area contributed by atoms with Crippen molar-refractivity contribution in [2.75, 3.05) is 6.61 Å². The molecule has 0 unspecified atom stereocenters. The lowest BCUT2D eigenvalue weighted by atomic mass is 10.3. The molecule has 0 aliphatic rings. The fourth-order valence-electron chi connectivity index (χ4n) is 0.977. The first kappa shape index (κ1) is 12.4. The molecule has 16 heavy (non-hydrogen) atoms. The molecule has 1 rings (SSSR count). The first-order valence-electron chi connectivity index (χ1n) is 4.37. The summed E-state index contributed by atoms with van der Waals surface area (Å²) in [6.45, 7) is 1.77. The van der Waals surface area contributed by atoms with Crippen LogP contribution in [0.25, 0.3) is 0 Å². The predicted octanol–water partition coefficient (Wildman–Crippen LogP) is 3.26. The van der Waals surface area contributed by atoms with Crippen molar-refractivity contribution in [2.45, 2.75) is 6.92 Å². The highest BCUT2D eigenvalue weighted by Crippen LogP contribution is 2.27. The molecule has 0 saturated heterocycles. The molecule has 0 bridgehead atoms. The lowest BCUT2D eigenvalue weighted by Gasteiger charge is -2.06. The number of nitro benzene ring substituents is 1. The van der Waals surface area contributed by atoms with Crippen LogP contribution in [0, 0.1) is 15.9 Å². The van der Waals surface area contributed by atoms with Gasteiger partial charge in [-0.1, -0.05) is 11.6 Å². The van der Waals surface area contributed by atoms with E-state index < -0.39 is 10.7 Å². The molecule has 0 amide bonds. The van der Waals surface area contributed by atoms with Crippen LogP contribution in [0.5, 0.6) is 5.75 Å². The first-order chi connectivity index (χ1) is 7.54. The van der Waals surface area contributed by atoms with Crippen LogP contribution in [0.3, 0.4) is 0 Å². The molecule has 0 radical (unpaired) electrons. The van der Waals surface area contributed by atoms with Crippen molar-refractivity contribution in [1.82, 2.24) is 0 Å². The van der Waals surface area contributed by atoms with Gasteiger partial charge in [-0.3, -0.25) is 10.1 Å². The van der Waals surface area contributed by atoms with E-state index in [-0.39, 0.29) is 18.0 Å². The number of benzene rings is 1. The van der Waals surface area contributed by atoms with Gasteiger partial charge in [0.2, 0.25) is 0 Å². The van der Waals surface area contributed by atoms with Crippen molar-refractivity contribution in [3.63, 3.8) is 0 Å². The number of rotatable bonds is 4. The third-order valence-corrected chi connectivity index (χ3v) is 2.13. The summed E-state index contributed by atoms with van der Waals surface area (Å²) in [6.07, 6.45) is 0. The number of nitro groups is 1. The fraction of sp³-hybridized carbons (Fsp3) is 0.200. The fourth-order valence-corrected chi connectivity index (χ4v) is 1.04. The van der Waals surface area contributed by atoms with E-state index in [2.05, 4.69) is 0 Å². The maximum atomic E-state index is 12.9. The monoisotopic (exact) mass is 245 g/mol. The van der Waals surface area contributed by atoms with Crippen molar-refractivity contribution in [3.8, 4) is 5.75 Å². The van der Waals surface area contributed by atoms with Gasteiger partial charge in [-0.15, -0.1) is 0 Å². The van der Waals surface area contributed by atoms with Crippen molar-refractivity contribution < 1.29 is 14.1 Å². The van der Waals surface area contributed by atoms with Gasteiger partial charge in [0.05, 0.1) is 4.92 Å². The average Bonchev–Trinajstić information content (AvgIpc) is 2.25. The third-order valence-electron chi connectivity index (χ3n) is 1.76. The SMILES string of the molecule is C/C(=C/Cl)COc1cc(F)ccc1[N+](=O)[O-]. The average molecular weight is 246 g/mol. The van der Waals surface area contributed by atoms with E-state index in [1.165, 1.54) is 5.54 Å². The van der Waals surface area contributed by atoms with Crippen LogP contribution >= 0.6 is 11.6 Å². The highest BCUT2D eigenvalue weighted by atomic mass is 35.5. The lowest BCUT2D eigenvalue weighted by molar-refractivity contribution is -0.385. The largest absolute Gasteiger partial charge is 0.482 e. The number of halogens is 2. The molecular formula is C10H9ClFNO3. The molecule has 1 aromatic rings. The van der Waals surface area contributed by atoms with E-state index in [0.29, 0.717) is 5.57 Å². The maximum absolute atomic E-state index is 12.9. The van der Waals surface area contributed by atoms with Gasteiger partial charge in [0, 0.05) is 17.7 Å². The van der Waals surface area contributed by atoms with Crippen LogP contribution in [0.15, 0.2) is 29.3 Å². The number of ether oxygens (including phenoxy) is 1. The van der Waals surface area contributed by atoms with Crippen molar-refractivity contribution in [2.24, 2.45) is 0 Å². The summed E-state index contributed by atoms with van der Waals surface area (Å²) in [5.41, 5.74) is 1.70. The molecule has 0 spiro atoms. The Balaban J connectivity index is 2.92. The maximum Gasteiger partial charge on any atom is 0.311 e. The van der Waals surface area contributed by atoms with E-state index in [1.54, 1.807) is 6.92 Å². The van der Waals surface area contributed by atoms with Gasteiger partial charge in [0.1, 0.15) is 12.4 Å². The highest BCUT2D eigenvalue weighted by Gasteiger charge is 2.15. The second-order valence-electron chi connectivity index (χ2n) is 3.11. The summed E-state index contributed by atoms with van der Waals surface area (Å²) in [5, 5.41) is 10.6. The van der Waals surface area contributed by atoms with Crippen LogP contribution in [-0.4, -0.2) is 11.5 Å². The Morgan fingerprint density at radius 1 is 1.69 bits per heavy atom. The van der Waals surface area contributed by atoms with Gasteiger partial charge in [-0.05, 0) is 18.6 Å². The van der Waals surface area contributed by atoms with E-state index in [9.17, 15) is 14.5 Å². The summed E-state index contributed by atoms with van der Waals surface area (Å²) in [7, 11) is 0. The molecule has 4 nitrogen and oxygen atoms in total. The molecular weight excluding hydrogens is 237 g/mol. The standard InChI is InChI=1S/C10H9ClFNO3/c1-7(5-11)6-16-10-4-8(12)2-3-9(10)13(14)15/h2-5H,6H2,1H3/b7-5-. The summed E-state index contributed by atoms with van der Waals surface area (Å²) >= 11 is 5.40. The topological polar surface area (TPSA) is 52.4 Å². The quantitative estimate of drug-likeness (QED) is 0.604. The van der Waals surface area contributed by atoms with Crippen molar-refractivity contribution >= 4 is 17.3 Å². The molecule has 6 heteroatoms. The van der Waals surface area contributed by atoms with E-state index in [1.807, 2.05) is 0 Å². The van der Waals surface area contributed by atoms with Crippen LogP contribution in [0.2, 0.25) is 0 Å². The summed E-state index contributed by atoms with van der Waals surface area (Å²) in [4.78, 5) is 9.98. The van der Waals surface area contributed by atoms with Crippen LogP contribution in [0.1, 0.15) is 6.92 Å². The third kappa shape index (κ3) is 3.20. The zero-order valence-corrected chi connectivity index (χ0v) is 9.20. The van der Waals surface area contributed by atoms with Gasteiger partial charge in [-0.25, -0.2) is 4.39 Å². The second-order valence-corrected chi connectivity index (χ2v) is 3.33. The van der Waals surface area contributed by atoms with Gasteiger partial charge in [-0.2, -0.15) is 0 Å². The summed E-state index contributed by atoms with van der Waals surface area (Å²) in [5.74, 6) is -0.698. The first-order valence-corrected chi connectivity index (χ1v) is 4.81. The smallest absolute Gasteiger partial charge is 0.311 e. The molecule has 1 aromatic carbocycles. The molecule has 86 valence electrons.